The van der Waals surface area contributed by atoms with Gasteiger partial charge in [-0.3, -0.25) is 9.59 Å². The van der Waals surface area contributed by atoms with Crippen LogP contribution in [0.15, 0.2) is 30.3 Å². The van der Waals surface area contributed by atoms with Gasteiger partial charge in [-0.05, 0) is 26.5 Å². The first-order valence-corrected chi connectivity index (χ1v) is 10.7. The molecule has 1 N–H and O–H groups in total. The zero-order valence-electron chi connectivity index (χ0n) is 16.1. The third-order valence-electron chi connectivity index (χ3n) is 5.20. The van der Waals surface area contributed by atoms with E-state index in [1.807, 2.05) is 7.05 Å². The van der Waals surface area contributed by atoms with E-state index in [4.69, 9.17) is 0 Å². The largest absolute Gasteiger partial charge is 0.481 e. The second-order valence-corrected chi connectivity index (χ2v) is 10.2. The Kier molecular flexibility index (Phi) is 6.64. The van der Waals surface area contributed by atoms with E-state index >= 15 is 0 Å². The minimum absolute atomic E-state index is 0.304. The minimum Gasteiger partial charge on any atom is -0.481 e. The molecular formula is C19H28N2O5S. The van der Waals surface area contributed by atoms with E-state index in [2.05, 4.69) is 4.90 Å². The molecule has 1 aliphatic heterocycles. The molecule has 0 aromatic heterocycles. The number of carbonyl (C=O) groups is 2. The Morgan fingerprint density at radius 2 is 1.67 bits per heavy atom. The van der Waals surface area contributed by atoms with Crippen LogP contribution in [0.1, 0.15) is 31.7 Å². The zero-order valence-corrected chi connectivity index (χ0v) is 16.9. The topological polar surface area (TPSA) is 95.0 Å². The van der Waals surface area contributed by atoms with Crippen molar-refractivity contribution in [2.24, 2.45) is 0 Å². The molecule has 8 heteroatoms. The van der Waals surface area contributed by atoms with Gasteiger partial charge in [0.05, 0.1) is 12.2 Å². The van der Waals surface area contributed by atoms with Gasteiger partial charge in [-0.1, -0.05) is 30.3 Å². The highest BCUT2D eigenvalue weighted by Crippen LogP contribution is 2.29. The molecule has 0 aliphatic carbocycles. The highest BCUT2D eigenvalue weighted by molar-refractivity contribution is 7.93. The van der Waals surface area contributed by atoms with Gasteiger partial charge in [-0.25, -0.2) is 8.42 Å². The van der Waals surface area contributed by atoms with Crippen molar-refractivity contribution in [2.75, 3.05) is 39.0 Å². The summed E-state index contributed by atoms with van der Waals surface area (Å²) < 4.78 is 24.6. The predicted molar refractivity (Wildman–Crippen MR) is 103 cm³/mol. The number of sulfone groups is 1. The average Bonchev–Trinajstić information content (AvgIpc) is 2.61. The van der Waals surface area contributed by atoms with E-state index in [1.165, 1.54) is 13.8 Å². The van der Waals surface area contributed by atoms with E-state index in [-0.39, 0.29) is 12.2 Å². The lowest BCUT2D eigenvalue weighted by atomic mass is 9.98. The van der Waals surface area contributed by atoms with Crippen LogP contribution in [0.5, 0.6) is 0 Å². The van der Waals surface area contributed by atoms with E-state index in [9.17, 15) is 23.1 Å². The molecule has 1 unspecified atom stereocenters. The number of likely N-dealkylation sites (N-methyl/N-ethyl adjacent to an activating group) is 1. The van der Waals surface area contributed by atoms with Crippen molar-refractivity contribution < 1.29 is 23.1 Å². The molecule has 2 rings (SSSR count). The number of hydrogen-bond acceptors (Lipinski definition) is 5. The minimum atomic E-state index is -3.88. The molecule has 1 aromatic carbocycles. The fraction of sp³-hybridized carbons (Fsp3) is 0.579. The third kappa shape index (κ3) is 5.07. The van der Waals surface area contributed by atoms with Gasteiger partial charge in [0.2, 0.25) is 5.91 Å². The van der Waals surface area contributed by atoms with Crippen LogP contribution in [0.4, 0.5) is 0 Å². The summed E-state index contributed by atoms with van der Waals surface area (Å²) in [6.07, 6.45) is -0.304. The van der Waals surface area contributed by atoms with Crippen molar-refractivity contribution in [2.45, 2.75) is 30.9 Å². The number of benzene rings is 1. The number of carbonyl (C=O) groups excluding carboxylic acids is 1. The first kappa shape index (κ1) is 21.4. The molecule has 7 nitrogen and oxygen atoms in total. The summed E-state index contributed by atoms with van der Waals surface area (Å²) in [4.78, 5) is 27.9. The van der Waals surface area contributed by atoms with Crippen molar-refractivity contribution in [1.82, 2.24) is 9.80 Å². The monoisotopic (exact) mass is 396 g/mol. The first-order valence-electron chi connectivity index (χ1n) is 9.01. The van der Waals surface area contributed by atoms with Gasteiger partial charge < -0.3 is 14.9 Å². The van der Waals surface area contributed by atoms with Crippen LogP contribution >= 0.6 is 0 Å². The Morgan fingerprint density at radius 1 is 1.11 bits per heavy atom. The highest BCUT2D eigenvalue weighted by atomic mass is 32.2. The Balaban J connectivity index is 2.23. The van der Waals surface area contributed by atoms with Gasteiger partial charge in [-0.15, -0.1) is 0 Å². The number of rotatable bonds is 7. The molecule has 0 radical (unpaired) electrons. The van der Waals surface area contributed by atoms with Crippen LogP contribution in [-0.4, -0.2) is 78.9 Å². The maximum atomic E-state index is 13.1. The highest BCUT2D eigenvalue weighted by Gasteiger charge is 2.45. The summed E-state index contributed by atoms with van der Waals surface area (Å²) in [7, 11) is -1.92. The summed E-state index contributed by atoms with van der Waals surface area (Å²) in [5.41, 5.74) is 0.645. The fourth-order valence-electron chi connectivity index (χ4n) is 3.21. The summed E-state index contributed by atoms with van der Waals surface area (Å²) in [6.45, 7) is 5.23. The van der Waals surface area contributed by atoms with Crippen LogP contribution < -0.4 is 0 Å². The lowest BCUT2D eigenvalue weighted by molar-refractivity contribution is -0.137. The van der Waals surface area contributed by atoms with Gasteiger partial charge in [0.15, 0.2) is 9.84 Å². The Labute approximate surface area is 160 Å². The third-order valence-corrected chi connectivity index (χ3v) is 7.77. The second kappa shape index (κ2) is 8.39. The number of aliphatic carboxylic acids is 1. The Bertz CT molecular complexity index is 769. The first-order chi connectivity index (χ1) is 12.5. The summed E-state index contributed by atoms with van der Waals surface area (Å²) in [5, 5.41) is 9.21. The summed E-state index contributed by atoms with van der Waals surface area (Å²) in [6, 6.07) is 8.72. The van der Waals surface area contributed by atoms with Gasteiger partial charge >= 0.3 is 5.97 Å². The summed E-state index contributed by atoms with van der Waals surface area (Å²) in [5.74, 6) is -2.57. The lowest BCUT2D eigenvalue weighted by Gasteiger charge is -2.37. The van der Waals surface area contributed by atoms with E-state index in [1.54, 1.807) is 35.2 Å². The molecular weight excluding hydrogens is 368 g/mol. The molecule has 1 heterocycles. The van der Waals surface area contributed by atoms with Crippen LogP contribution in [-0.2, 0) is 19.4 Å². The molecule has 150 valence electrons. The van der Waals surface area contributed by atoms with Crippen LogP contribution in [0.3, 0.4) is 0 Å². The standard InChI is InChI=1S/C19H28N2O5S/c1-19(2,18(24)21-11-9-20(3)10-12-21)27(25,26)14-16(13-17(22)23)15-7-5-4-6-8-15/h4-8,16H,9-14H2,1-3H3,(H,22,23). The molecule has 1 aliphatic rings. The van der Waals surface area contributed by atoms with Gasteiger partial charge in [0.25, 0.3) is 0 Å². The molecule has 1 saturated heterocycles. The quantitative estimate of drug-likeness (QED) is 0.744. The number of amides is 1. The fourth-order valence-corrected chi connectivity index (χ4v) is 4.86. The van der Waals surface area contributed by atoms with Crippen molar-refractivity contribution in [3.63, 3.8) is 0 Å². The van der Waals surface area contributed by atoms with Crippen LogP contribution in [0.25, 0.3) is 0 Å². The number of piperazine rings is 1. The Morgan fingerprint density at radius 3 is 2.19 bits per heavy atom. The van der Waals surface area contributed by atoms with Crippen molar-refractivity contribution >= 4 is 21.7 Å². The molecule has 0 bridgehead atoms. The van der Waals surface area contributed by atoms with Gasteiger partial charge in [-0.2, -0.15) is 0 Å². The number of nitrogens with zero attached hydrogens (tertiary/aromatic N) is 2. The van der Waals surface area contributed by atoms with Crippen molar-refractivity contribution in [3.8, 4) is 0 Å². The second-order valence-electron chi connectivity index (χ2n) is 7.59. The molecule has 0 saturated carbocycles. The zero-order chi connectivity index (χ0) is 20.2. The maximum Gasteiger partial charge on any atom is 0.303 e. The van der Waals surface area contributed by atoms with Crippen molar-refractivity contribution in [3.05, 3.63) is 35.9 Å². The van der Waals surface area contributed by atoms with Crippen LogP contribution in [0.2, 0.25) is 0 Å². The summed E-state index contributed by atoms with van der Waals surface area (Å²) >= 11 is 0. The smallest absolute Gasteiger partial charge is 0.303 e. The molecule has 1 fully saturated rings. The number of carboxylic acid groups (broad SMARTS) is 1. The molecule has 27 heavy (non-hydrogen) atoms. The number of hydrogen-bond donors (Lipinski definition) is 1. The van der Waals surface area contributed by atoms with Gasteiger partial charge in [0, 0.05) is 32.1 Å². The number of carboxylic acids is 1. The normalized spacial score (nSPS) is 17.5. The van der Waals surface area contributed by atoms with E-state index in [0.29, 0.717) is 31.7 Å². The SMILES string of the molecule is CN1CCN(C(=O)C(C)(C)S(=O)(=O)CC(CC(=O)O)c2ccccc2)CC1. The Hall–Kier alpha value is -1.93. The maximum absolute atomic E-state index is 13.1. The predicted octanol–water partition coefficient (Wildman–Crippen LogP) is 1.21. The van der Waals surface area contributed by atoms with Crippen molar-refractivity contribution in [1.29, 1.82) is 0 Å². The molecule has 1 aromatic rings. The van der Waals surface area contributed by atoms with Gasteiger partial charge in [0.1, 0.15) is 4.75 Å². The molecule has 1 atom stereocenters. The van der Waals surface area contributed by atoms with E-state index in [0.717, 1.165) is 0 Å². The lowest BCUT2D eigenvalue weighted by Crippen LogP contribution is -2.56. The molecule has 0 spiro atoms. The average molecular weight is 397 g/mol. The van der Waals surface area contributed by atoms with E-state index < -0.39 is 32.4 Å². The molecule has 1 amide bonds. The van der Waals surface area contributed by atoms with Crippen LogP contribution in [0, 0.1) is 0 Å².